The number of hydrogen-bond acceptors (Lipinski definition) is 20. The Hall–Kier alpha value is -0.660. The first-order chi connectivity index (χ1) is 31.5. The first-order valence-electron chi connectivity index (χ1n) is 21.8. The molecule has 2 aliphatic rings. The number of benzene rings is 2. The van der Waals surface area contributed by atoms with Crippen molar-refractivity contribution >= 4 is 74.0 Å². The summed E-state index contributed by atoms with van der Waals surface area (Å²) in [5.74, 6) is 8.66. The molecule has 2 heterocycles. The van der Waals surface area contributed by atoms with E-state index in [1.165, 1.54) is 0 Å². The monoisotopic (exact) mass is 1030 g/mol. The second kappa shape index (κ2) is 45.8. The lowest BCUT2D eigenvalue weighted by Gasteiger charge is -2.15. The lowest BCUT2D eigenvalue weighted by Crippen LogP contribution is -2.21. The van der Waals surface area contributed by atoms with Crippen molar-refractivity contribution in [1.82, 2.24) is 0 Å². The summed E-state index contributed by atoms with van der Waals surface area (Å²) in [6, 6.07) is 14.9. The number of rotatable bonds is 41. The first-order valence-corrected chi connectivity index (χ1v) is 26.7. The topological polar surface area (TPSA) is 158 Å². The third-order valence-electron chi connectivity index (χ3n) is 8.05. The lowest BCUT2D eigenvalue weighted by molar-refractivity contribution is 0.0605. The summed E-state index contributed by atoms with van der Waals surface area (Å²) in [7, 11) is 0. The number of ether oxygens (including phenoxy) is 12. The molecule has 2 saturated heterocycles. The van der Waals surface area contributed by atoms with Crippen LogP contribution in [0.15, 0.2) is 48.5 Å². The van der Waals surface area contributed by atoms with Crippen LogP contribution in [-0.2, 0) is 37.9 Å². The van der Waals surface area contributed by atoms with E-state index in [1.807, 2.05) is 42.5 Å². The van der Waals surface area contributed by atoms with Crippen molar-refractivity contribution in [2.24, 2.45) is 0 Å². The van der Waals surface area contributed by atoms with Crippen molar-refractivity contribution in [3.63, 3.8) is 0 Å². The van der Waals surface area contributed by atoms with E-state index >= 15 is 0 Å². The van der Waals surface area contributed by atoms with E-state index in [0.29, 0.717) is 108 Å². The molecule has 0 spiro atoms. The number of aliphatic hydroxyl groups excluding tert-OH is 2. The van der Waals surface area contributed by atoms with Crippen LogP contribution >= 0.6 is 74.0 Å². The summed E-state index contributed by atoms with van der Waals surface area (Å²) in [6.07, 6.45) is 1.39. The summed E-state index contributed by atoms with van der Waals surface area (Å²) >= 11 is 19.4. The van der Waals surface area contributed by atoms with E-state index in [-0.39, 0.29) is 32.8 Å². The van der Waals surface area contributed by atoms with Crippen LogP contribution in [0.25, 0.3) is 0 Å². The molecule has 14 nitrogen and oxygen atoms in total. The van der Waals surface area contributed by atoms with Crippen molar-refractivity contribution in [3.8, 4) is 23.0 Å². The van der Waals surface area contributed by atoms with Crippen molar-refractivity contribution in [1.29, 1.82) is 0 Å². The van der Waals surface area contributed by atoms with Gasteiger partial charge in [0.1, 0.15) is 61.6 Å². The Kier molecular flexibility index (Phi) is 43.9. The molecule has 65 heavy (non-hydrogen) atoms. The molecule has 0 aliphatic carbocycles. The maximum atomic E-state index is 10.2. The van der Waals surface area contributed by atoms with Gasteiger partial charge < -0.3 is 67.1 Å². The molecule has 0 bridgehead atoms. The molecule has 2 N–H and O–H groups in total. The van der Waals surface area contributed by atoms with Crippen LogP contribution in [0.2, 0.25) is 0 Å². The SMILES string of the molecule is C.OC(COc1cccc(OCC(O)CSCCOCCOCCS)c1)CSCCOCCCCOCCS.SCCOCCOCCS.c1cc(OCC2CO2)cc(OCC2CO2)c1. The molecule has 2 aromatic rings. The first kappa shape index (κ1) is 62.4. The molecule has 2 aromatic carbocycles. The molecule has 2 aliphatic heterocycles. The minimum atomic E-state index is -0.580. The summed E-state index contributed by atoms with van der Waals surface area (Å²) < 4.78 is 64.6. The predicted octanol–water partition coefficient (Wildman–Crippen LogP) is 6.10. The number of thioether (sulfide) groups is 2. The summed E-state index contributed by atoms with van der Waals surface area (Å²) in [6.45, 7) is 11.2. The molecule has 20 heteroatoms. The van der Waals surface area contributed by atoms with Crippen molar-refractivity contribution in [2.75, 3.05) is 165 Å². The van der Waals surface area contributed by atoms with Crippen LogP contribution in [0.3, 0.4) is 0 Å². The lowest BCUT2D eigenvalue weighted by atomic mass is 10.3. The highest BCUT2D eigenvalue weighted by atomic mass is 32.2. The highest BCUT2D eigenvalue weighted by Gasteiger charge is 2.24. The van der Waals surface area contributed by atoms with E-state index < -0.39 is 12.2 Å². The summed E-state index contributed by atoms with van der Waals surface area (Å²) in [4.78, 5) is 0. The van der Waals surface area contributed by atoms with Crippen molar-refractivity contribution < 1.29 is 67.1 Å². The van der Waals surface area contributed by atoms with Gasteiger partial charge in [-0.05, 0) is 37.1 Å². The van der Waals surface area contributed by atoms with E-state index in [1.54, 1.807) is 29.6 Å². The molecule has 4 rings (SSSR count). The van der Waals surface area contributed by atoms with Crippen LogP contribution in [0.1, 0.15) is 20.3 Å². The van der Waals surface area contributed by atoms with E-state index in [9.17, 15) is 10.2 Å². The van der Waals surface area contributed by atoms with Crippen LogP contribution in [0, 0.1) is 0 Å². The number of epoxide rings is 2. The predicted molar refractivity (Wildman–Crippen MR) is 277 cm³/mol. The highest BCUT2D eigenvalue weighted by Crippen LogP contribution is 2.23. The van der Waals surface area contributed by atoms with Gasteiger partial charge in [0.15, 0.2) is 0 Å². The number of unbranched alkanes of at least 4 members (excludes halogenated alkanes) is 1. The van der Waals surface area contributed by atoms with Gasteiger partial charge in [-0.1, -0.05) is 19.6 Å². The van der Waals surface area contributed by atoms with Gasteiger partial charge in [0, 0.05) is 71.4 Å². The Labute approximate surface area is 419 Å². The number of hydrogen-bond donors (Lipinski definition) is 6. The Balaban J connectivity index is 0.000000630. The van der Waals surface area contributed by atoms with Crippen LogP contribution in [0.5, 0.6) is 23.0 Å². The molecule has 0 radical (unpaired) electrons. The maximum Gasteiger partial charge on any atom is 0.123 e. The molecule has 2 fully saturated rings. The average molecular weight is 1040 g/mol. The zero-order valence-electron chi connectivity index (χ0n) is 37.1. The van der Waals surface area contributed by atoms with Crippen molar-refractivity contribution in [2.45, 2.75) is 44.7 Å². The van der Waals surface area contributed by atoms with Gasteiger partial charge in [-0.25, -0.2) is 0 Å². The number of thiol groups is 4. The van der Waals surface area contributed by atoms with Gasteiger partial charge >= 0.3 is 0 Å². The minimum absolute atomic E-state index is 0. The fraction of sp³-hybridized carbons (Fsp3) is 0.733. The van der Waals surface area contributed by atoms with E-state index in [4.69, 9.17) is 56.8 Å². The minimum Gasteiger partial charge on any atom is -0.491 e. The van der Waals surface area contributed by atoms with Gasteiger partial charge in [-0.3, -0.25) is 0 Å². The molecule has 378 valence electrons. The molecule has 0 aromatic heterocycles. The third kappa shape index (κ3) is 40.9. The Morgan fingerprint density at radius 1 is 0.492 bits per heavy atom. The van der Waals surface area contributed by atoms with Crippen LogP contribution < -0.4 is 18.9 Å². The van der Waals surface area contributed by atoms with Crippen LogP contribution in [0.4, 0.5) is 0 Å². The average Bonchev–Trinajstić information content (AvgIpc) is 4.26. The molecule has 0 amide bonds. The molecular weight excluding hydrogens is 957 g/mol. The highest BCUT2D eigenvalue weighted by molar-refractivity contribution is 7.99. The van der Waals surface area contributed by atoms with Gasteiger partial charge in [0.25, 0.3) is 0 Å². The van der Waals surface area contributed by atoms with Gasteiger partial charge in [0.05, 0.1) is 91.5 Å². The Morgan fingerprint density at radius 2 is 0.815 bits per heavy atom. The van der Waals surface area contributed by atoms with Crippen molar-refractivity contribution in [3.05, 3.63) is 48.5 Å². The zero-order chi connectivity index (χ0) is 46.0. The fourth-order valence-electron chi connectivity index (χ4n) is 4.68. The van der Waals surface area contributed by atoms with Crippen LogP contribution in [-0.4, -0.2) is 200 Å². The third-order valence-corrected chi connectivity index (χ3v) is 10.9. The second-order valence-electron chi connectivity index (χ2n) is 13.8. The normalized spacial score (nSPS) is 15.6. The summed E-state index contributed by atoms with van der Waals surface area (Å²) in [5, 5.41) is 20.4. The molecule has 4 unspecified atom stereocenters. The number of aliphatic hydroxyl groups is 2. The molecular formula is C45H78O14S6. The smallest absolute Gasteiger partial charge is 0.123 e. The zero-order valence-corrected chi connectivity index (χ0v) is 42.3. The fourth-order valence-corrected chi connectivity index (χ4v) is 6.74. The quantitative estimate of drug-likeness (QED) is 0.0258. The van der Waals surface area contributed by atoms with E-state index in [0.717, 1.165) is 79.5 Å². The molecule has 0 saturated carbocycles. The Bertz CT molecular complexity index is 1280. The maximum absolute atomic E-state index is 10.2. The standard InChI is InChI=1S/C26H46O8S4.C12H14O4.C6H14O2S2.CH4/c27-23(21-37-16-12-30-7-2-1-6-29-10-14-35)19-33-25-4-3-5-26(18-25)34-20-24(28)22-38-17-13-32-9-8-31-11-15-36;1-2-9(13-5-11-7-15-11)4-10(3-1)14-6-12-8-16-12;9-5-3-7-1-2-8-4-6-10;/h3-5,18,23-24,27-28,35-36H,1-2,6-17,19-22H2;1-4,11-12H,5-8H2;9-10H,1-6H2;1H4. The largest absolute Gasteiger partial charge is 0.491 e. The molecule has 4 atom stereocenters. The van der Waals surface area contributed by atoms with Gasteiger partial charge in [0.2, 0.25) is 0 Å². The van der Waals surface area contributed by atoms with Gasteiger partial charge in [-0.15, -0.1) is 0 Å². The van der Waals surface area contributed by atoms with Gasteiger partial charge in [-0.2, -0.15) is 74.0 Å². The summed E-state index contributed by atoms with van der Waals surface area (Å²) in [5.41, 5.74) is 0. The second-order valence-corrected chi connectivity index (χ2v) is 17.9. The Morgan fingerprint density at radius 3 is 1.17 bits per heavy atom. The van der Waals surface area contributed by atoms with E-state index in [2.05, 4.69) is 50.5 Å².